The number of carbonyl (C=O) groups excluding carboxylic acids is 2. The van der Waals surface area contributed by atoms with Crippen LogP contribution in [0, 0.1) is 11.8 Å². The molecule has 0 unspecified atom stereocenters. The van der Waals surface area contributed by atoms with Crippen molar-refractivity contribution in [3.63, 3.8) is 0 Å². The zero-order valence-electron chi connectivity index (χ0n) is 18.7. The molecule has 3 aromatic carbocycles. The largest absolute Gasteiger partial charge is 0.478 e. The fourth-order valence-corrected chi connectivity index (χ4v) is 5.17. The molecule has 1 saturated carbocycles. The molecule has 0 aliphatic heterocycles. The number of carbonyl (C=O) groups is 3. The molecule has 7 nitrogen and oxygen atoms in total. The Balaban J connectivity index is 1.11. The molecule has 2 aliphatic carbocycles. The van der Waals surface area contributed by atoms with Crippen molar-refractivity contribution in [2.75, 3.05) is 18.5 Å². The third-order valence-corrected chi connectivity index (χ3v) is 6.98. The Kier molecular flexibility index (Phi) is 6.30. The highest BCUT2D eigenvalue weighted by atomic mass is 79.9. The Labute approximate surface area is 210 Å². The maximum Gasteiger partial charge on any atom is 0.407 e. The lowest BCUT2D eigenvalue weighted by Gasteiger charge is -2.14. The highest BCUT2D eigenvalue weighted by Crippen LogP contribution is 2.44. The summed E-state index contributed by atoms with van der Waals surface area (Å²) in [5.41, 5.74) is 5.14. The summed E-state index contributed by atoms with van der Waals surface area (Å²) >= 11 is 3.26. The molecular weight excluding hydrogens is 512 g/mol. The third-order valence-electron chi connectivity index (χ3n) is 6.52. The van der Waals surface area contributed by atoms with Crippen LogP contribution in [0.15, 0.2) is 71.2 Å². The zero-order valence-corrected chi connectivity index (χ0v) is 20.2. The van der Waals surface area contributed by atoms with E-state index in [-0.39, 0.29) is 35.8 Å². The van der Waals surface area contributed by atoms with Gasteiger partial charge in [-0.25, -0.2) is 9.59 Å². The molecule has 35 heavy (non-hydrogen) atoms. The molecule has 2 amide bonds. The van der Waals surface area contributed by atoms with Crippen LogP contribution in [0.4, 0.5) is 10.5 Å². The molecule has 1 fully saturated rings. The van der Waals surface area contributed by atoms with Gasteiger partial charge in [-0.3, -0.25) is 4.79 Å². The van der Waals surface area contributed by atoms with Crippen molar-refractivity contribution in [1.29, 1.82) is 0 Å². The molecule has 0 radical (unpaired) electrons. The standard InChI is InChI=1S/C27H23BrN2O5/c28-17-9-15(26(32)33)10-18(12-17)30-25(31)23-11-16(23)13-29-27(34)35-14-24-21-7-3-1-5-19(21)20-6-2-4-8-22(20)24/h1-10,12,16,23-24H,11,13-14H2,(H,29,34)(H,30,31)(H,32,33)/t16-,23-/m0/s1. The predicted molar refractivity (Wildman–Crippen MR) is 134 cm³/mol. The first-order chi connectivity index (χ1) is 16.9. The SMILES string of the molecule is O=C(NC[C@@H]1C[C@@H]1C(=O)Nc1cc(Br)cc(C(=O)O)c1)OCC1c2ccccc2-c2ccccc21. The number of carboxylic acid groups (broad SMARTS) is 1. The van der Waals surface area contributed by atoms with Crippen molar-refractivity contribution in [2.45, 2.75) is 12.3 Å². The Morgan fingerprint density at radius 2 is 1.63 bits per heavy atom. The van der Waals surface area contributed by atoms with Gasteiger partial charge in [-0.05, 0) is 52.8 Å². The predicted octanol–water partition coefficient (Wildman–Crippen LogP) is 5.26. The van der Waals surface area contributed by atoms with Gasteiger partial charge in [0.2, 0.25) is 5.91 Å². The lowest BCUT2D eigenvalue weighted by Crippen LogP contribution is -2.29. The van der Waals surface area contributed by atoms with Gasteiger partial charge in [0, 0.05) is 28.5 Å². The van der Waals surface area contributed by atoms with Crippen LogP contribution in [0.5, 0.6) is 0 Å². The molecule has 5 rings (SSSR count). The fourth-order valence-electron chi connectivity index (χ4n) is 4.68. The monoisotopic (exact) mass is 534 g/mol. The number of ether oxygens (including phenoxy) is 1. The molecule has 8 heteroatoms. The first-order valence-electron chi connectivity index (χ1n) is 11.3. The van der Waals surface area contributed by atoms with Crippen LogP contribution in [-0.2, 0) is 9.53 Å². The Morgan fingerprint density at radius 1 is 0.971 bits per heavy atom. The molecule has 0 saturated heterocycles. The van der Waals surface area contributed by atoms with Gasteiger partial charge in [0.1, 0.15) is 6.61 Å². The van der Waals surface area contributed by atoms with Gasteiger partial charge < -0.3 is 20.5 Å². The summed E-state index contributed by atoms with van der Waals surface area (Å²) in [4.78, 5) is 36.1. The number of rotatable bonds is 7. The molecule has 3 N–H and O–H groups in total. The van der Waals surface area contributed by atoms with E-state index in [1.165, 1.54) is 23.3 Å². The highest BCUT2D eigenvalue weighted by molar-refractivity contribution is 9.10. The summed E-state index contributed by atoms with van der Waals surface area (Å²) in [6, 6.07) is 20.8. The van der Waals surface area contributed by atoms with Gasteiger partial charge in [0.15, 0.2) is 0 Å². The number of hydrogen-bond donors (Lipinski definition) is 3. The van der Waals surface area contributed by atoms with Crippen molar-refractivity contribution in [1.82, 2.24) is 5.32 Å². The molecule has 3 aromatic rings. The fraction of sp³-hybridized carbons (Fsp3) is 0.222. The van der Waals surface area contributed by atoms with Gasteiger partial charge in [0.05, 0.1) is 5.56 Å². The number of fused-ring (bicyclic) bond motifs is 3. The van der Waals surface area contributed by atoms with E-state index in [1.54, 1.807) is 6.07 Å². The van der Waals surface area contributed by atoms with Crippen molar-refractivity contribution in [3.05, 3.63) is 87.9 Å². The number of halogens is 1. The second kappa shape index (κ2) is 9.54. The number of aromatic carboxylic acids is 1. The molecule has 178 valence electrons. The number of amides is 2. The molecule has 0 spiro atoms. The lowest BCUT2D eigenvalue weighted by atomic mass is 9.98. The van der Waals surface area contributed by atoms with E-state index in [0.717, 1.165) is 11.1 Å². The summed E-state index contributed by atoms with van der Waals surface area (Å²) in [5.74, 6) is -1.50. The van der Waals surface area contributed by atoms with Crippen LogP contribution >= 0.6 is 15.9 Å². The topological polar surface area (TPSA) is 105 Å². The minimum Gasteiger partial charge on any atom is -0.478 e. The third kappa shape index (κ3) is 4.93. The number of benzene rings is 3. The van der Waals surface area contributed by atoms with E-state index in [1.807, 2.05) is 24.3 Å². The average molecular weight is 535 g/mol. The van der Waals surface area contributed by atoms with Crippen molar-refractivity contribution >= 4 is 39.6 Å². The zero-order chi connectivity index (χ0) is 24.5. The summed E-state index contributed by atoms with van der Waals surface area (Å²) < 4.78 is 6.11. The summed E-state index contributed by atoms with van der Waals surface area (Å²) in [6.07, 6.45) is 0.144. The Bertz CT molecular complexity index is 1280. The van der Waals surface area contributed by atoms with Gasteiger partial charge >= 0.3 is 12.1 Å². The number of alkyl carbamates (subject to hydrolysis) is 1. The van der Waals surface area contributed by atoms with E-state index in [9.17, 15) is 19.5 Å². The molecule has 2 atom stereocenters. The van der Waals surface area contributed by atoms with E-state index < -0.39 is 12.1 Å². The second-order valence-electron chi connectivity index (χ2n) is 8.83. The van der Waals surface area contributed by atoms with Gasteiger partial charge in [-0.1, -0.05) is 64.5 Å². The number of anilines is 1. The first-order valence-corrected chi connectivity index (χ1v) is 12.1. The molecule has 0 heterocycles. The second-order valence-corrected chi connectivity index (χ2v) is 9.75. The summed E-state index contributed by atoms with van der Waals surface area (Å²) in [7, 11) is 0. The average Bonchev–Trinajstić information content (AvgIpc) is 3.56. The highest BCUT2D eigenvalue weighted by Gasteiger charge is 2.43. The number of carboxylic acids is 1. The molecule has 0 bridgehead atoms. The number of nitrogens with one attached hydrogen (secondary N) is 2. The smallest absolute Gasteiger partial charge is 0.407 e. The van der Waals surface area contributed by atoms with E-state index in [0.29, 0.717) is 23.1 Å². The van der Waals surface area contributed by atoms with Gasteiger partial charge in [-0.2, -0.15) is 0 Å². The minimum atomic E-state index is -1.07. The Morgan fingerprint density at radius 3 is 2.29 bits per heavy atom. The van der Waals surface area contributed by atoms with E-state index in [4.69, 9.17) is 4.74 Å². The van der Waals surface area contributed by atoms with Crippen LogP contribution in [0.2, 0.25) is 0 Å². The number of hydrogen-bond acceptors (Lipinski definition) is 4. The summed E-state index contributed by atoms with van der Waals surface area (Å²) in [6.45, 7) is 0.580. The molecular formula is C27H23BrN2O5. The maximum atomic E-state index is 12.5. The normalized spacial score (nSPS) is 17.7. The van der Waals surface area contributed by atoms with Crippen LogP contribution in [-0.4, -0.2) is 36.2 Å². The van der Waals surface area contributed by atoms with Crippen LogP contribution < -0.4 is 10.6 Å². The maximum absolute atomic E-state index is 12.5. The lowest BCUT2D eigenvalue weighted by molar-refractivity contribution is -0.117. The van der Waals surface area contributed by atoms with Crippen molar-refractivity contribution < 1.29 is 24.2 Å². The summed E-state index contributed by atoms with van der Waals surface area (Å²) in [5, 5.41) is 14.7. The first kappa shape index (κ1) is 23.1. The van der Waals surface area contributed by atoms with Crippen LogP contribution in [0.25, 0.3) is 11.1 Å². The molecule has 2 aliphatic rings. The van der Waals surface area contributed by atoms with E-state index in [2.05, 4.69) is 50.8 Å². The van der Waals surface area contributed by atoms with Crippen molar-refractivity contribution in [3.8, 4) is 11.1 Å². The van der Waals surface area contributed by atoms with Gasteiger partial charge in [-0.15, -0.1) is 0 Å². The minimum absolute atomic E-state index is 0.00603. The van der Waals surface area contributed by atoms with Crippen LogP contribution in [0.1, 0.15) is 33.8 Å². The van der Waals surface area contributed by atoms with E-state index >= 15 is 0 Å². The Hall–Kier alpha value is -3.65. The molecule has 0 aromatic heterocycles. The van der Waals surface area contributed by atoms with Gasteiger partial charge in [0.25, 0.3) is 0 Å². The quantitative estimate of drug-likeness (QED) is 0.383. The van der Waals surface area contributed by atoms with Crippen LogP contribution in [0.3, 0.4) is 0 Å². The van der Waals surface area contributed by atoms with Crippen molar-refractivity contribution in [2.24, 2.45) is 11.8 Å².